The molecule has 106 valence electrons. The van der Waals surface area contributed by atoms with Crippen LogP contribution in [0.1, 0.15) is 31.2 Å². The summed E-state index contributed by atoms with van der Waals surface area (Å²) in [5.41, 5.74) is 1.16. The SMILES string of the molecule is CC(CNS(=O)(=O)C1CCNCC1)c1ccccc1. The first-order valence-corrected chi connectivity index (χ1v) is 8.38. The van der Waals surface area contributed by atoms with Crippen molar-refractivity contribution in [1.29, 1.82) is 0 Å². The zero-order valence-corrected chi connectivity index (χ0v) is 12.1. The van der Waals surface area contributed by atoms with E-state index < -0.39 is 10.0 Å². The minimum absolute atomic E-state index is 0.192. The molecule has 1 atom stereocenters. The molecule has 0 saturated carbocycles. The molecule has 2 N–H and O–H groups in total. The molecule has 1 aliphatic heterocycles. The molecule has 0 bridgehead atoms. The number of benzene rings is 1. The third-order valence-corrected chi connectivity index (χ3v) is 5.60. The minimum Gasteiger partial charge on any atom is -0.317 e. The largest absolute Gasteiger partial charge is 0.317 e. The summed E-state index contributed by atoms with van der Waals surface area (Å²) in [5, 5.41) is 2.95. The fourth-order valence-corrected chi connectivity index (χ4v) is 3.94. The summed E-state index contributed by atoms with van der Waals surface area (Å²) < 4.78 is 27.1. The monoisotopic (exact) mass is 282 g/mol. The van der Waals surface area contributed by atoms with Crippen LogP contribution in [0.15, 0.2) is 30.3 Å². The van der Waals surface area contributed by atoms with E-state index in [0.717, 1.165) is 18.7 Å². The summed E-state index contributed by atoms with van der Waals surface area (Å²) in [6.45, 7) is 4.09. The van der Waals surface area contributed by atoms with Gasteiger partial charge in [-0.1, -0.05) is 37.3 Å². The molecule has 0 radical (unpaired) electrons. The summed E-state index contributed by atoms with van der Waals surface area (Å²) >= 11 is 0. The lowest BCUT2D eigenvalue weighted by atomic mass is 10.0. The van der Waals surface area contributed by atoms with Crippen LogP contribution in [0.3, 0.4) is 0 Å². The van der Waals surface area contributed by atoms with Gasteiger partial charge in [-0.3, -0.25) is 0 Å². The predicted molar refractivity (Wildman–Crippen MR) is 77.7 cm³/mol. The molecular formula is C14H22N2O2S. The average molecular weight is 282 g/mol. The fourth-order valence-electron chi connectivity index (χ4n) is 2.36. The normalized spacial score (nSPS) is 19.2. The van der Waals surface area contributed by atoms with Gasteiger partial charge in [-0.2, -0.15) is 0 Å². The molecule has 1 unspecified atom stereocenters. The zero-order valence-electron chi connectivity index (χ0n) is 11.3. The Kier molecular flexibility index (Phi) is 4.96. The van der Waals surface area contributed by atoms with Crippen molar-refractivity contribution in [3.8, 4) is 0 Å². The summed E-state index contributed by atoms with van der Waals surface area (Å²) in [6, 6.07) is 9.99. The van der Waals surface area contributed by atoms with Gasteiger partial charge in [0.05, 0.1) is 5.25 Å². The summed E-state index contributed by atoms with van der Waals surface area (Å²) in [4.78, 5) is 0. The van der Waals surface area contributed by atoms with Crippen molar-refractivity contribution in [2.24, 2.45) is 0 Å². The lowest BCUT2D eigenvalue weighted by Crippen LogP contribution is -2.42. The number of nitrogens with one attached hydrogen (secondary N) is 2. The molecule has 1 heterocycles. The Morgan fingerprint density at radius 1 is 1.26 bits per heavy atom. The predicted octanol–water partition coefficient (Wildman–Crippen LogP) is 1.46. The second-order valence-corrected chi connectivity index (χ2v) is 7.20. The van der Waals surface area contributed by atoms with Crippen molar-refractivity contribution in [3.05, 3.63) is 35.9 Å². The quantitative estimate of drug-likeness (QED) is 0.859. The van der Waals surface area contributed by atoms with Crippen molar-refractivity contribution in [3.63, 3.8) is 0 Å². The van der Waals surface area contributed by atoms with Gasteiger partial charge >= 0.3 is 0 Å². The van der Waals surface area contributed by atoms with Crippen LogP contribution >= 0.6 is 0 Å². The Hall–Kier alpha value is -0.910. The summed E-state index contributed by atoms with van der Waals surface area (Å²) in [6.07, 6.45) is 1.41. The van der Waals surface area contributed by atoms with Crippen LogP contribution in [0.5, 0.6) is 0 Å². The van der Waals surface area contributed by atoms with Gasteiger partial charge in [0.1, 0.15) is 0 Å². The Labute approximate surface area is 115 Å². The number of hydrogen-bond donors (Lipinski definition) is 2. The highest BCUT2D eigenvalue weighted by Gasteiger charge is 2.27. The van der Waals surface area contributed by atoms with E-state index in [1.165, 1.54) is 0 Å². The van der Waals surface area contributed by atoms with Crippen LogP contribution in [0.2, 0.25) is 0 Å². The standard InChI is InChI=1S/C14H22N2O2S/c1-12(13-5-3-2-4-6-13)11-16-19(17,18)14-7-9-15-10-8-14/h2-6,12,14-16H,7-11H2,1H3. The maximum atomic E-state index is 12.2. The topological polar surface area (TPSA) is 58.2 Å². The lowest BCUT2D eigenvalue weighted by Gasteiger charge is -2.23. The first kappa shape index (κ1) is 14.5. The van der Waals surface area contributed by atoms with Crippen molar-refractivity contribution < 1.29 is 8.42 Å². The number of sulfonamides is 1. The molecule has 4 nitrogen and oxygen atoms in total. The van der Waals surface area contributed by atoms with E-state index in [4.69, 9.17) is 0 Å². The smallest absolute Gasteiger partial charge is 0.214 e. The van der Waals surface area contributed by atoms with E-state index >= 15 is 0 Å². The van der Waals surface area contributed by atoms with E-state index in [2.05, 4.69) is 10.0 Å². The number of rotatable bonds is 5. The molecule has 0 amide bonds. The second-order valence-electron chi connectivity index (χ2n) is 5.15. The van der Waals surface area contributed by atoms with Crippen LogP contribution in [-0.2, 0) is 10.0 Å². The Morgan fingerprint density at radius 2 is 1.89 bits per heavy atom. The molecule has 0 aliphatic carbocycles. The van der Waals surface area contributed by atoms with Crippen molar-refractivity contribution >= 4 is 10.0 Å². The van der Waals surface area contributed by atoms with Gasteiger partial charge in [0.15, 0.2) is 0 Å². The molecule has 1 aromatic rings. The molecule has 2 rings (SSSR count). The number of hydrogen-bond acceptors (Lipinski definition) is 3. The van der Waals surface area contributed by atoms with Gasteiger partial charge in [0.25, 0.3) is 0 Å². The highest BCUT2D eigenvalue weighted by atomic mass is 32.2. The average Bonchev–Trinajstić information content (AvgIpc) is 2.47. The highest BCUT2D eigenvalue weighted by Crippen LogP contribution is 2.16. The minimum atomic E-state index is -3.18. The maximum Gasteiger partial charge on any atom is 0.214 e. The molecule has 1 aliphatic rings. The number of piperidine rings is 1. The Balaban J connectivity index is 1.90. The maximum absolute atomic E-state index is 12.2. The molecule has 0 spiro atoms. The van der Waals surface area contributed by atoms with E-state index in [9.17, 15) is 8.42 Å². The van der Waals surface area contributed by atoms with Crippen molar-refractivity contribution in [1.82, 2.24) is 10.0 Å². The van der Waals surface area contributed by atoms with Crippen molar-refractivity contribution in [2.45, 2.75) is 30.9 Å². The summed E-state index contributed by atoms with van der Waals surface area (Å²) in [5.74, 6) is 0.192. The van der Waals surface area contributed by atoms with Gasteiger partial charge < -0.3 is 5.32 Å². The highest BCUT2D eigenvalue weighted by molar-refractivity contribution is 7.90. The van der Waals surface area contributed by atoms with Gasteiger partial charge in [0, 0.05) is 6.54 Å². The van der Waals surface area contributed by atoms with Gasteiger partial charge in [0.2, 0.25) is 10.0 Å². The lowest BCUT2D eigenvalue weighted by molar-refractivity contribution is 0.488. The van der Waals surface area contributed by atoms with Gasteiger partial charge in [-0.05, 0) is 37.4 Å². The Morgan fingerprint density at radius 3 is 2.53 bits per heavy atom. The van der Waals surface area contributed by atoms with E-state index in [1.807, 2.05) is 37.3 Å². The molecule has 5 heteroatoms. The van der Waals surface area contributed by atoms with Crippen LogP contribution in [0.25, 0.3) is 0 Å². The third-order valence-electron chi connectivity index (χ3n) is 3.68. The van der Waals surface area contributed by atoms with Gasteiger partial charge in [-0.15, -0.1) is 0 Å². The first-order valence-electron chi connectivity index (χ1n) is 6.84. The van der Waals surface area contributed by atoms with E-state index in [1.54, 1.807) is 0 Å². The van der Waals surface area contributed by atoms with Crippen LogP contribution in [0, 0.1) is 0 Å². The fraction of sp³-hybridized carbons (Fsp3) is 0.571. The third kappa shape index (κ3) is 4.03. The van der Waals surface area contributed by atoms with E-state index in [0.29, 0.717) is 19.4 Å². The molecule has 0 aromatic heterocycles. The van der Waals surface area contributed by atoms with Gasteiger partial charge in [-0.25, -0.2) is 13.1 Å². The second kappa shape index (κ2) is 6.50. The molecular weight excluding hydrogens is 260 g/mol. The van der Waals surface area contributed by atoms with Crippen LogP contribution < -0.4 is 10.0 Å². The molecule has 19 heavy (non-hydrogen) atoms. The van der Waals surface area contributed by atoms with Crippen LogP contribution in [0.4, 0.5) is 0 Å². The molecule has 1 aromatic carbocycles. The van der Waals surface area contributed by atoms with E-state index in [-0.39, 0.29) is 11.2 Å². The molecule has 1 saturated heterocycles. The first-order chi connectivity index (χ1) is 9.09. The van der Waals surface area contributed by atoms with Crippen LogP contribution in [-0.4, -0.2) is 33.3 Å². The molecule has 1 fully saturated rings. The Bertz CT molecular complexity index is 481. The summed E-state index contributed by atoms with van der Waals surface area (Å²) in [7, 11) is -3.18. The zero-order chi connectivity index (χ0) is 13.7. The van der Waals surface area contributed by atoms with Crippen molar-refractivity contribution in [2.75, 3.05) is 19.6 Å².